The van der Waals surface area contributed by atoms with Gasteiger partial charge in [0.15, 0.2) is 0 Å². The molecule has 0 radical (unpaired) electrons. The first-order valence-corrected chi connectivity index (χ1v) is 9.69. The van der Waals surface area contributed by atoms with Gasteiger partial charge < -0.3 is 20.7 Å². The molecule has 3 aromatic rings. The van der Waals surface area contributed by atoms with Crippen molar-refractivity contribution in [3.05, 3.63) is 53.6 Å². The lowest BCUT2D eigenvalue weighted by molar-refractivity contribution is -0.0666. The van der Waals surface area contributed by atoms with E-state index in [0.717, 1.165) is 0 Å². The Hall–Kier alpha value is -3.24. The van der Waals surface area contributed by atoms with Crippen molar-refractivity contribution in [3.8, 4) is 28.3 Å². The van der Waals surface area contributed by atoms with Crippen LogP contribution in [0.15, 0.2) is 36.4 Å². The van der Waals surface area contributed by atoms with E-state index in [1.165, 1.54) is 44.2 Å². The van der Waals surface area contributed by atoms with Crippen molar-refractivity contribution in [1.29, 1.82) is 0 Å². The number of benzene rings is 1. The van der Waals surface area contributed by atoms with E-state index in [-0.39, 0.29) is 35.3 Å². The number of hydrogen-bond acceptors (Lipinski definition) is 7. The number of nitrogens with two attached hydrogens (primary N) is 1. The van der Waals surface area contributed by atoms with E-state index in [4.69, 9.17) is 10.5 Å². The van der Waals surface area contributed by atoms with Crippen molar-refractivity contribution in [3.63, 3.8) is 0 Å². The highest BCUT2D eigenvalue weighted by Crippen LogP contribution is 2.39. The molecule has 0 unspecified atom stereocenters. The van der Waals surface area contributed by atoms with Crippen LogP contribution in [0.5, 0.6) is 5.88 Å². The van der Waals surface area contributed by atoms with Gasteiger partial charge in [0.05, 0.1) is 16.9 Å². The molecule has 10 heteroatoms. The SMILES string of the molecule is Cc1cc(-c2c(OC[C@@H](O)C(C)(C)O)nc(N)nc2-c2ccc(F)cc2)cc(C(F)F)n1. The number of halogens is 3. The van der Waals surface area contributed by atoms with Gasteiger partial charge in [0.1, 0.15) is 24.2 Å². The number of alkyl halides is 2. The monoisotopic (exact) mass is 448 g/mol. The van der Waals surface area contributed by atoms with Crippen molar-refractivity contribution >= 4 is 5.95 Å². The number of aliphatic hydroxyl groups excluding tert-OH is 1. The quantitative estimate of drug-likeness (QED) is 0.505. The zero-order valence-electron chi connectivity index (χ0n) is 17.7. The number of nitrogen functional groups attached to an aromatic ring is 1. The van der Waals surface area contributed by atoms with Crippen LogP contribution in [0.4, 0.5) is 19.1 Å². The van der Waals surface area contributed by atoms with E-state index in [1.54, 1.807) is 13.0 Å². The second kappa shape index (κ2) is 9.09. The van der Waals surface area contributed by atoms with Crippen molar-refractivity contribution in [1.82, 2.24) is 15.0 Å². The molecule has 0 fully saturated rings. The fraction of sp³-hybridized carbons (Fsp3) is 0.318. The number of nitrogens with zero attached hydrogens (tertiary/aromatic N) is 3. The number of ether oxygens (including phenoxy) is 1. The van der Waals surface area contributed by atoms with E-state index in [1.807, 2.05) is 0 Å². The molecule has 2 aromatic heterocycles. The average Bonchev–Trinajstić information content (AvgIpc) is 2.70. The molecule has 170 valence electrons. The number of rotatable bonds is 7. The second-order valence-corrected chi connectivity index (χ2v) is 7.82. The molecule has 0 bridgehead atoms. The summed E-state index contributed by atoms with van der Waals surface area (Å²) in [6.45, 7) is 4.01. The van der Waals surface area contributed by atoms with Crippen LogP contribution in [0.3, 0.4) is 0 Å². The van der Waals surface area contributed by atoms with Gasteiger partial charge >= 0.3 is 0 Å². The van der Waals surface area contributed by atoms with Gasteiger partial charge in [-0.25, -0.2) is 18.2 Å². The first-order valence-electron chi connectivity index (χ1n) is 9.69. The Morgan fingerprint density at radius 1 is 1.06 bits per heavy atom. The maximum absolute atomic E-state index is 13.5. The summed E-state index contributed by atoms with van der Waals surface area (Å²) in [6.07, 6.45) is -4.10. The van der Waals surface area contributed by atoms with Crippen molar-refractivity contribution in [2.45, 2.75) is 38.9 Å². The van der Waals surface area contributed by atoms with Gasteiger partial charge in [-0.3, -0.25) is 4.98 Å². The average molecular weight is 448 g/mol. The summed E-state index contributed by atoms with van der Waals surface area (Å²) in [5.74, 6) is -0.742. The summed E-state index contributed by atoms with van der Waals surface area (Å²) in [5, 5.41) is 20.1. The maximum Gasteiger partial charge on any atom is 0.280 e. The Bertz CT molecular complexity index is 1100. The summed E-state index contributed by atoms with van der Waals surface area (Å²) in [6, 6.07) is 8.08. The predicted octanol–water partition coefficient (Wildman–Crippen LogP) is 3.68. The van der Waals surface area contributed by atoms with Gasteiger partial charge in [0.25, 0.3) is 6.43 Å². The third-order valence-corrected chi connectivity index (χ3v) is 4.69. The number of aliphatic hydroxyl groups is 2. The Balaban J connectivity index is 2.22. The highest BCUT2D eigenvalue weighted by atomic mass is 19.3. The van der Waals surface area contributed by atoms with E-state index in [0.29, 0.717) is 11.3 Å². The highest BCUT2D eigenvalue weighted by Gasteiger charge is 2.27. The summed E-state index contributed by atoms with van der Waals surface area (Å²) >= 11 is 0. The third-order valence-electron chi connectivity index (χ3n) is 4.69. The van der Waals surface area contributed by atoms with E-state index >= 15 is 0 Å². The largest absolute Gasteiger partial charge is 0.474 e. The summed E-state index contributed by atoms with van der Waals surface area (Å²) in [7, 11) is 0. The van der Waals surface area contributed by atoms with Crippen LogP contribution < -0.4 is 10.5 Å². The third kappa shape index (κ3) is 5.32. The fourth-order valence-electron chi connectivity index (χ4n) is 2.95. The lowest BCUT2D eigenvalue weighted by Gasteiger charge is -2.25. The van der Waals surface area contributed by atoms with E-state index in [2.05, 4.69) is 15.0 Å². The zero-order valence-corrected chi connectivity index (χ0v) is 17.7. The smallest absolute Gasteiger partial charge is 0.280 e. The minimum Gasteiger partial charge on any atom is -0.474 e. The molecule has 0 aliphatic heterocycles. The van der Waals surface area contributed by atoms with Crippen LogP contribution in [0.25, 0.3) is 22.4 Å². The van der Waals surface area contributed by atoms with Crippen LogP contribution in [0.2, 0.25) is 0 Å². The number of hydrogen-bond donors (Lipinski definition) is 3. The van der Waals surface area contributed by atoms with Gasteiger partial charge in [0.2, 0.25) is 11.8 Å². The second-order valence-electron chi connectivity index (χ2n) is 7.82. The molecule has 1 aromatic carbocycles. The minimum absolute atomic E-state index is 0.0917. The van der Waals surface area contributed by atoms with Crippen LogP contribution >= 0.6 is 0 Å². The molecule has 0 saturated heterocycles. The van der Waals surface area contributed by atoms with E-state index in [9.17, 15) is 23.4 Å². The number of aryl methyl sites for hydroxylation is 1. The topological polar surface area (TPSA) is 114 Å². The molecule has 0 amide bonds. The van der Waals surface area contributed by atoms with Gasteiger partial charge in [0, 0.05) is 11.3 Å². The maximum atomic E-state index is 13.5. The number of anilines is 1. The Morgan fingerprint density at radius 3 is 2.31 bits per heavy atom. The molecule has 1 atom stereocenters. The summed E-state index contributed by atoms with van der Waals surface area (Å²) < 4.78 is 46.0. The van der Waals surface area contributed by atoms with Crippen LogP contribution in [-0.2, 0) is 0 Å². The molecule has 0 aliphatic carbocycles. The van der Waals surface area contributed by atoms with E-state index < -0.39 is 29.6 Å². The van der Waals surface area contributed by atoms with Crippen LogP contribution in [0.1, 0.15) is 31.7 Å². The van der Waals surface area contributed by atoms with Gasteiger partial charge in [-0.05, 0) is 62.7 Å². The molecule has 4 N–H and O–H groups in total. The lowest BCUT2D eigenvalue weighted by atomic mass is 9.99. The normalized spacial score (nSPS) is 12.8. The Kier molecular flexibility index (Phi) is 6.65. The number of aromatic nitrogens is 3. The van der Waals surface area contributed by atoms with Gasteiger partial charge in [-0.15, -0.1) is 0 Å². The standard InChI is InChI=1S/C22H23F3N4O3/c1-11-8-13(9-15(27-11)19(24)25)17-18(12-4-6-14(23)7-5-12)28-21(26)29-20(17)32-10-16(30)22(2,3)31/h4-9,16,19,30-31H,10H2,1-3H3,(H2,26,28,29)/t16-/m1/s1. The van der Waals surface area contributed by atoms with Gasteiger partial charge in [-0.2, -0.15) is 4.98 Å². The summed E-state index contributed by atoms with van der Waals surface area (Å²) in [5.41, 5.74) is 5.40. The molecule has 32 heavy (non-hydrogen) atoms. The lowest BCUT2D eigenvalue weighted by Crippen LogP contribution is -2.40. The van der Waals surface area contributed by atoms with Crippen molar-refractivity contribution in [2.75, 3.05) is 12.3 Å². The first-order chi connectivity index (χ1) is 15.0. The molecule has 7 nitrogen and oxygen atoms in total. The summed E-state index contributed by atoms with van der Waals surface area (Å²) in [4.78, 5) is 12.2. The number of pyridine rings is 1. The minimum atomic E-state index is -2.82. The molecule has 0 spiro atoms. The zero-order chi connectivity index (χ0) is 23.6. The molecular weight excluding hydrogens is 425 g/mol. The van der Waals surface area contributed by atoms with Crippen molar-refractivity contribution < 1.29 is 28.1 Å². The van der Waals surface area contributed by atoms with Crippen LogP contribution in [-0.4, -0.2) is 43.5 Å². The Labute approximate surface area is 182 Å². The van der Waals surface area contributed by atoms with Crippen LogP contribution in [0, 0.1) is 12.7 Å². The molecule has 0 saturated carbocycles. The molecular formula is C22H23F3N4O3. The predicted molar refractivity (Wildman–Crippen MR) is 113 cm³/mol. The van der Waals surface area contributed by atoms with Gasteiger partial charge in [-0.1, -0.05) is 0 Å². The Morgan fingerprint density at radius 2 is 1.72 bits per heavy atom. The van der Waals surface area contributed by atoms with Crippen molar-refractivity contribution in [2.24, 2.45) is 0 Å². The molecule has 3 rings (SSSR count). The highest BCUT2D eigenvalue weighted by molar-refractivity contribution is 5.85. The fourth-order valence-corrected chi connectivity index (χ4v) is 2.95. The molecule has 0 aliphatic rings. The molecule has 2 heterocycles. The first kappa shape index (κ1) is 23.4.